The molecule has 1 rings (SSSR count). The topological polar surface area (TPSA) is 40.5 Å². The van der Waals surface area contributed by atoms with Gasteiger partial charge in [0.2, 0.25) is 5.91 Å². The van der Waals surface area contributed by atoms with Gasteiger partial charge in [-0.15, -0.1) is 11.6 Å². The highest BCUT2D eigenvalue weighted by atomic mass is 35.5. The highest BCUT2D eigenvalue weighted by Crippen LogP contribution is 2.23. The highest BCUT2D eigenvalue weighted by molar-refractivity contribution is 6.30. The number of aliphatic hydroxyl groups excluding tert-OH is 1. The number of amides is 1. The van der Waals surface area contributed by atoms with E-state index in [1.807, 2.05) is 11.8 Å². The monoisotopic (exact) mass is 247 g/mol. The molecular weight excluding hydrogens is 226 g/mol. The van der Waals surface area contributed by atoms with Crippen LogP contribution >= 0.6 is 11.6 Å². The number of hydrogen-bond acceptors (Lipinski definition) is 2. The molecule has 0 aromatic heterocycles. The summed E-state index contributed by atoms with van der Waals surface area (Å²) in [6.45, 7) is 5.32. The van der Waals surface area contributed by atoms with Crippen LogP contribution in [-0.2, 0) is 4.79 Å². The molecule has 1 aliphatic rings. The Bertz CT molecular complexity index is 235. The van der Waals surface area contributed by atoms with E-state index >= 15 is 0 Å². The predicted octanol–water partition coefficient (Wildman–Crippen LogP) is 2.01. The minimum absolute atomic E-state index is 0.0252. The van der Waals surface area contributed by atoms with Crippen molar-refractivity contribution in [3.63, 3.8) is 0 Å². The molecular formula is C12H22ClNO2. The highest BCUT2D eigenvalue weighted by Gasteiger charge is 2.31. The molecule has 0 aliphatic carbocycles. The molecule has 1 aliphatic heterocycles. The van der Waals surface area contributed by atoms with E-state index in [1.54, 1.807) is 0 Å². The summed E-state index contributed by atoms with van der Waals surface area (Å²) < 4.78 is 0. The van der Waals surface area contributed by atoms with Crippen LogP contribution in [0, 0.1) is 5.92 Å². The molecule has 0 radical (unpaired) electrons. The molecule has 1 saturated heterocycles. The molecule has 4 heteroatoms. The largest absolute Gasteiger partial charge is 0.393 e. The van der Waals surface area contributed by atoms with Crippen molar-refractivity contribution < 1.29 is 9.90 Å². The lowest BCUT2D eigenvalue weighted by molar-refractivity contribution is -0.134. The summed E-state index contributed by atoms with van der Waals surface area (Å²) in [5.74, 6) is 0.251. The Labute approximate surface area is 103 Å². The number of carbonyl (C=O) groups excluding carboxylic acids is 1. The van der Waals surface area contributed by atoms with Crippen molar-refractivity contribution in [3.05, 3.63) is 0 Å². The minimum Gasteiger partial charge on any atom is -0.393 e. The third kappa shape index (κ3) is 3.36. The average molecular weight is 248 g/mol. The number of hydrogen-bond donors (Lipinski definition) is 1. The Balaban J connectivity index is 2.54. The smallest absolute Gasteiger partial charge is 0.240 e. The van der Waals surface area contributed by atoms with E-state index in [4.69, 9.17) is 11.6 Å². The Morgan fingerprint density at radius 3 is 2.81 bits per heavy atom. The summed E-state index contributed by atoms with van der Waals surface area (Å²) >= 11 is 5.96. The number of nitrogens with zero attached hydrogens (tertiary/aromatic N) is 1. The number of alkyl halides is 1. The van der Waals surface area contributed by atoms with Gasteiger partial charge in [0.25, 0.3) is 0 Å². The first kappa shape index (κ1) is 13.8. The number of likely N-dealkylation sites (tertiary alicyclic amines) is 1. The van der Waals surface area contributed by atoms with Crippen LogP contribution in [0.15, 0.2) is 0 Å². The van der Waals surface area contributed by atoms with Gasteiger partial charge in [-0.05, 0) is 19.3 Å². The summed E-state index contributed by atoms with van der Waals surface area (Å²) in [7, 11) is 0. The maximum Gasteiger partial charge on any atom is 0.240 e. The second-order valence-electron chi connectivity index (χ2n) is 4.56. The minimum atomic E-state index is -0.405. The zero-order valence-electron chi connectivity index (χ0n) is 10.2. The van der Waals surface area contributed by atoms with Crippen molar-refractivity contribution in [3.8, 4) is 0 Å². The predicted molar refractivity (Wildman–Crippen MR) is 65.5 cm³/mol. The molecule has 0 spiro atoms. The third-order valence-electron chi connectivity index (χ3n) is 3.29. The maximum atomic E-state index is 11.9. The van der Waals surface area contributed by atoms with Gasteiger partial charge in [-0.3, -0.25) is 4.79 Å². The number of aliphatic hydroxyl groups is 1. The van der Waals surface area contributed by atoms with E-state index in [0.717, 1.165) is 12.8 Å². The first-order chi connectivity index (χ1) is 7.60. The molecule has 1 heterocycles. The van der Waals surface area contributed by atoms with Crippen LogP contribution in [0.5, 0.6) is 0 Å². The third-order valence-corrected chi connectivity index (χ3v) is 3.79. The molecule has 3 atom stereocenters. The van der Waals surface area contributed by atoms with E-state index in [-0.39, 0.29) is 17.9 Å². The molecule has 16 heavy (non-hydrogen) atoms. The number of rotatable bonds is 4. The van der Waals surface area contributed by atoms with E-state index in [2.05, 4.69) is 6.92 Å². The second kappa shape index (κ2) is 6.45. The molecule has 0 unspecified atom stereocenters. The molecule has 3 nitrogen and oxygen atoms in total. The van der Waals surface area contributed by atoms with Crippen LogP contribution in [0.2, 0.25) is 0 Å². The lowest BCUT2D eigenvalue weighted by Crippen LogP contribution is -2.48. The van der Waals surface area contributed by atoms with Crippen LogP contribution in [0.1, 0.15) is 39.5 Å². The first-order valence-corrected chi connectivity index (χ1v) is 6.64. The van der Waals surface area contributed by atoms with Gasteiger partial charge in [0, 0.05) is 19.0 Å². The van der Waals surface area contributed by atoms with Crippen LogP contribution in [0.4, 0.5) is 0 Å². The zero-order chi connectivity index (χ0) is 12.1. The fourth-order valence-corrected chi connectivity index (χ4v) is 2.39. The Hall–Kier alpha value is -0.280. The second-order valence-corrected chi connectivity index (χ2v) is 5.09. The van der Waals surface area contributed by atoms with Gasteiger partial charge in [-0.1, -0.05) is 20.3 Å². The van der Waals surface area contributed by atoms with Crippen molar-refractivity contribution in [2.75, 3.05) is 13.1 Å². The van der Waals surface area contributed by atoms with Gasteiger partial charge >= 0.3 is 0 Å². The van der Waals surface area contributed by atoms with Gasteiger partial charge in [0.05, 0.1) is 6.10 Å². The van der Waals surface area contributed by atoms with Crippen LogP contribution in [0.25, 0.3) is 0 Å². The molecule has 0 aromatic rings. The Morgan fingerprint density at radius 2 is 2.25 bits per heavy atom. The molecule has 1 N–H and O–H groups in total. The Kier molecular flexibility index (Phi) is 5.56. The molecule has 0 aromatic carbocycles. The van der Waals surface area contributed by atoms with Crippen molar-refractivity contribution >= 4 is 17.5 Å². The van der Waals surface area contributed by atoms with Crippen molar-refractivity contribution in [1.29, 1.82) is 0 Å². The standard InChI is InChI=1S/C12H22ClNO2/c1-3-5-9-8-14(7-6-11(9)15)12(16)10(13)4-2/h9-11,15H,3-8H2,1-2H3/t9-,10+,11+/m1/s1. The fourth-order valence-electron chi connectivity index (χ4n) is 2.25. The number of carbonyl (C=O) groups is 1. The average Bonchev–Trinajstić information content (AvgIpc) is 2.30. The molecule has 0 bridgehead atoms. The molecule has 0 saturated carbocycles. The van der Waals surface area contributed by atoms with Crippen LogP contribution < -0.4 is 0 Å². The van der Waals surface area contributed by atoms with E-state index in [9.17, 15) is 9.90 Å². The first-order valence-electron chi connectivity index (χ1n) is 6.21. The van der Waals surface area contributed by atoms with Gasteiger partial charge in [0.15, 0.2) is 0 Å². The maximum absolute atomic E-state index is 11.9. The quantitative estimate of drug-likeness (QED) is 0.773. The van der Waals surface area contributed by atoms with Gasteiger partial charge in [-0.2, -0.15) is 0 Å². The molecule has 94 valence electrons. The summed E-state index contributed by atoms with van der Waals surface area (Å²) in [6.07, 6.45) is 3.12. The lowest BCUT2D eigenvalue weighted by atomic mass is 9.90. The van der Waals surface area contributed by atoms with Gasteiger partial charge in [-0.25, -0.2) is 0 Å². The fraction of sp³-hybridized carbons (Fsp3) is 0.917. The summed E-state index contributed by atoms with van der Waals surface area (Å²) in [5, 5.41) is 9.42. The van der Waals surface area contributed by atoms with Crippen LogP contribution in [0.3, 0.4) is 0 Å². The zero-order valence-corrected chi connectivity index (χ0v) is 10.9. The normalized spacial score (nSPS) is 27.9. The Morgan fingerprint density at radius 1 is 1.56 bits per heavy atom. The summed E-state index contributed by atoms with van der Waals surface area (Å²) in [5.41, 5.74) is 0. The van der Waals surface area contributed by atoms with E-state index in [1.165, 1.54) is 0 Å². The van der Waals surface area contributed by atoms with Crippen molar-refractivity contribution in [2.24, 2.45) is 5.92 Å². The van der Waals surface area contributed by atoms with Crippen molar-refractivity contribution in [2.45, 2.75) is 51.0 Å². The molecule has 1 fully saturated rings. The van der Waals surface area contributed by atoms with E-state index in [0.29, 0.717) is 25.9 Å². The van der Waals surface area contributed by atoms with E-state index < -0.39 is 5.38 Å². The summed E-state index contributed by atoms with van der Waals surface area (Å²) in [6, 6.07) is 0. The number of halogens is 1. The van der Waals surface area contributed by atoms with Gasteiger partial charge < -0.3 is 10.0 Å². The van der Waals surface area contributed by atoms with Gasteiger partial charge in [0.1, 0.15) is 5.38 Å². The number of piperidine rings is 1. The van der Waals surface area contributed by atoms with Crippen LogP contribution in [-0.4, -0.2) is 40.5 Å². The lowest BCUT2D eigenvalue weighted by Gasteiger charge is -2.37. The summed E-state index contributed by atoms with van der Waals surface area (Å²) in [4.78, 5) is 13.7. The SMILES string of the molecule is CCC[C@@H]1CN(C(=O)[C@@H](Cl)CC)CC[C@@H]1O. The molecule has 1 amide bonds. The van der Waals surface area contributed by atoms with Crippen molar-refractivity contribution in [1.82, 2.24) is 4.90 Å².